The van der Waals surface area contributed by atoms with Crippen LogP contribution in [0, 0.1) is 29.6 Å². The molecule has 0 N–H and O–H groups in total. The Morgan fingerprint density at radius 1 is 0.933 bits per heavy atom. The molecule has 0 spiro atoms. The number of ether oxygens (including phenoxy) is 1. The molecular weight excluding hydrogens is 378 g/mol. The van der Waals surface area contributed by atoms with E-state index in [9.17, 15) is 8.78 Å². The lowest BCUT2D eigenvalue weighted by Gasteiger charge is -2.44. The summed E-state index contributed by atoms with van der Waals surface area (Å²) in [5, 5.41) is 0. The Bertz CT molecular complexity index is 724. The van der Waals surface area contributed by atoms with Gasteiger partial charge in [0, 0.05) is 0 Å². The van der Waals surface area contributed by atoms with E-state index in [1.165, 1.54) is 68.6 Å². The molecule has 3 aliphatic rings. The zero-order valence-electron chi connectivity index (χ0n) is 18.6. The van der Waals surface area contributed by atoms with E-state index in [0.717, 1.165) is 55.8 Å². The van der Waals surface area contributed by atoms with E-state index in [4.69, 9.17) is 4.74 Å². The fraction of sp³-hybridized carbons (Fsp3) is 0.704. The smallest absolute Gasteiger partial charge is 0.266 e. The van der Waals surface area contributed by atoms with Crippen LogP contribution in [0.25, 0.3) is 0 Å². The molecule has 0 amide bonds. The van der Waals surface area contributed by atoms with Gasteiger partial charge in [0.1, 0.15) is 5.75 Å². The maximum atomic E-state index is 12.6. The van der Waals surface area contributed by atoms with E-state index in [2.05, 4.69) is 25.1 Å². The summed E-state index contributed by atoms with van der Waals surface area (Å²) in [4.78, 5) is 0. The summed E-state index contributed by atoms with van der Waals surface area (Å²) in [6.07, 6.45) is 14.0. The van der Waals surface area contributed by atoms with Crippen molar-refractivity contribution in [2.24, 2.45) is 29.6 Å². The lowest BCUT2D eigenvalue weighted by atomic mass is 9.61. The number of halogens is 2. The van der Waals surface area contributed by atoms with Gasteiger partial charge in [-0.25, -0.2) is 0 Å². The SMILES string of the molecule is CCCCCOc1ccc2c(c1)CCC(C1CCC3CC(C=C(F)F)CCC3C1)C2. The summed E-state index contributed by atoms with van der Waals surface area (Å²) >= 11 is 0. The van der Waals surface area contributed by atoms with Gasteiger partial charge in [0.25, 0.3) is 6.08 Å². The van der Waals surface area contributed by atoms with Crippen LogP contribution in [-0.2, 0) is 12.8 Å². The van der Waals surface area contributed by atoms with Crippen molar-refractivity contribution in [3.05, 3.63) is 41.5 Å². The van der Waals surface area contributed by atoms with Gasteiger partial charge in [0.15, 0.2) is 0 Å². The minimum Gasteiger partial charge on any atom is -0.494 e. The fourth-order valence-corrected chi connectivity index (χ4v) is 6.51. The van der Waals surface area contributed by atoms with Crippen LogP contribution in [0.4, 0.5) is 8.78 Å². The van der Waals surface area contributed by atoms with Gasteiger partial charge in [-0.15, -0.1) is 0 Å². The highest BCUT2D eigenvalue weighted by Crippen LogP contribution is 2.48. The Kier molecular flexibility index (Phi) is 7.49. The molecule has 5 atom stereocenters. The second kappa shape index (κ2) is 10.3. The number of rotatable bonds is 7. The molecule has 0 aromatic heterocycles. The van der Waals surface area contributed by atoms with Gasteiger partial charge in [-0.1, -0.05) is 25.8 Å². The van der Waals surface area contributed by atoms with Crippen LogP contribution < -0.4 is 4.74 Å². The standard InChI is InChI=1S/C27H38F2O/c1-2-3-4-13-30-26-12-11-24-17-23(9-10-25(24)18-26)22-8-7-20-14-19(15-27(28)29)5-6-21(20)16-22/h11-12,15,18-23H,2-10,13-14,16-17H2,1H3. The molecule has 1 aromatic rings. The second-order valence-electron chi connectivity index (χ2n) is 10.1. The van der Waals surface area contributed by atoms with Gasteiger partial charge >= 0.3 is 0 Å². The predicted molar refractivity (Wildman–Crippen MR) is 119 cm³/mol. The molecular formula is C27H38F2O. The number of aryl methyl sites for hydroxylation is 1. The molecule has 3 aliphatic carbocycles. The van der Waals surface area contributed by atoms with Crippen molar-refractivity contribution in [1.82, 2.24) is 0 Å². The molecule has 5 unspecified atom stereocenters. The largest absolute Gasteiger partial charge is 0.494 e. The van der Waals surface area contributed by atoms with Crippen LogP contribution in [0.3, 0.4) is 0 Å². The van der Waals surface area contributed by atoms with Crippen molar-refractivity contribution < 1.29 is 13.5 Å². The topological polar surface area (TPSA) is 9.23 Å². The van der Waals surface area contributed by atoms with Crippen LogP contribution >= 0.6 is 0 Å². The number of benzene rings is 1. The molecule has 0 heterocycles. The van der Waals surface area contributed by atoms with Crippen LogP contribution in [0.2, 0.25) is 0 Å². The van der Waals surface area contributed by atoms with Crippen LogP contribution in [-0.4, -0.2) is 6.61 Å². The fourth-order valence-electron chi connectivity index (χ4n) is 6.51. The van der Waals surface area contributed by atoms with Crippen molar-refractivity contribution >= 4 is 0 Å². The molecule has 1 aromatic carbocycles. The molecule has 0 bridgehead atoms. The summed E-state index contributed by atoms with van der Waals surface area (Å²) < 4.78 is 31.2. The monoisotopic (exact) mass is 416 g/mol. The predicted octanol–water partition coefficient (Wildman–Crippen LogP) is 7.97. The Morgan fingerprint density at radius 2 is 1.70 bits per heavy atom. The normalized spacial score (nSPS) is 30.8. The van der Waals surface area contributed by atoms with E-state index in [-0.39, 0.29) is 5.92 Å². The molecule has 0 radical (unpaired) electrons. The highest BCUT2D eigenvalue weighted by Gasteiger charge is 2.38. The van der Waals surface area contributed by atoms with E-state index < -0.39 is 6.08 Å². The van der Waals surface area contributed by atoms with E-state index in [1.807, 2.05) is 0 Å². The number of fused-ring (bicyclic) bond motifs is 2. The Morgan fingerprint density at radius 3 is 2.50 bits per heavy atom. The summed E-state index contributed by atoms with van der Waals surface area (Å²) in [5.41, 5.74) is 3.02. The molecule has 0 saturated heterocycles. The third kappa shape index (κ3) is 5.45. The highest BCUT2D eigenvalue weighted by molar-refractivity contribution is 5.37. The third-order valence-electron chi connectivity index (χ3n) is 8.18. The third-order valence-corrected chi connectivity index (χ3v) is 8.18. The quantitative estimate of drug-likeness (QED) is 0.409. The molecule has 0 aliphatic heterocycles. The molecule has 2 saturated carbocycles. The molecule has 166 valence electrons. The summed E-state index contributed by atoms with van der Waals surface area (Å²) in [6.45, 7) is 3.05. The first-order valence-corrected chi connectivity index (χ1v) is 12.4. The molecule has 4 rings (SSSR count). The van der Waals surface area contributed by atoms with Crippen LogP contribution in [0.1, 0.15) is 82.3 Å². The average Bonchev–Trinajstić information content (AvgIpc) is 2.75. The number of unbranched alkanes of at least 4 members (excludes halogenated alkanes) is 2. The van der Waals surface area contributed by atoms with Crippen LogP contribution in [0.5, 0.6) is 5.75 Å². The van der Waals surface area contributed by atoms with Crippen molar-refractivity contribution in [2.75, 3.05) is 6.61 Å². The maximum Gasteiger partial charge on any atom is 0.266 e. The number of hydrogen-bond donors (Lipinski definition) is 0. The Hall–Kier alpha value is -1.38. The van der Waals surface area contributed by atoms with Crippen molar-refractivity contribution in [3.63, 3.8) is 0 Å². The number of allylic oxidation sites excluding steroid dienone is 1. The van der Waals surface area contributed by atoms with Gasteiger partial charge in [0.2, 0.25) is 0 Å². The van der Waals surface area contributed by atoms with E-state index in [0.29, 0.717) is 5.92 Å². The van der Waals surface area contributed by atoms with Crippen molar-refractivity contribution in [3.8, 4) is 5.75 Å². The molecule has 2 fully saturated rings. The van der Waals surface area contributed by atoms with Gasteiger partial charge in [-0.2, -0.15) is 8.78 Å². The molecule has 30 heavy (non-hydrogen) atoms. The summed E-state index contributed by atoms with van der Waals surface area (Å²) in [7, 11) is 0. The molecule has 3 heteroatoms. The summed E-state index contributed by atoms with van der Waals surface area (Å²) in [6, 6.07) is 6.77. The maximum absolute atomic E-state index is 12.6. The first-order valence-electron chi connectivity index (χ1n) is 12.4. The van der Waals surface area contributed by atoms with Gasteiger partial charge in [0.05, 0.1) is 6.61 Å². The molecule has 1 nitrogen and oxygen atoms in total. The summed E-state index contributed by atoms with van der Waals surface area (Å²) in [5.74, 6) is 4.24. The minimum atomic E-state index is -1.48. The van der Waals surface area contributed by atoms with Crippen molar-refractivity contribution in [2.45, 2.75) is 84.0 Å². The lowest BCUT2D eigenvalue weighted by Crippen LogP contribution is -2.34. The van der Waals surface area contributed by atoms with E-state index >= 15 is 0 Å². The van der Waals surface area contributed by atoms with Crippen molar-refractivity contribution in [1.29, 1.82) is 0 Å². The van der Waals surface area contributed by atoms with E-state index in [1.54, 1.807) is 0 Å². The second-order valence-corrected chi connectivity index (χ2v) is 10.1. The number of hydrogen-bond acceptors (Lipinski definition) is 1. The lowest BCUT2D eigenvalue weighted by molar-refractivity contribution is 0.0802. The average molecular weight is 417 g/mol. The zero-order valence-corrected chi connectivity index (χ0v) is 18.6. The first-order chi connectivity index (χ1) is 14.6. The zero-order chi connectivity index (χ0) is 20.9. The van der Waals surface area contributed by atoms with Gasteiger partial charge < -0.3 is 4.74 Å². The first kappa shape index (κ1) is 21.8. The minimum absolute atomic E-state index is 0.118. The van der Waals surface area contributed by atoms with Crippen LogP contribution in [0.15, 0.2) is 30.4 Å². The van der Waals surface area contributed by atoms with Gasteiger partial charge in [-0.3, -0.25) is 0 Å². The Labute approximate surface area is 181 Å². The van der Waals surface area contributed by atoms with Gasteiger partial charge in [-0.05, 0) is 123 Å². The highest BCUT2D eigenvalue weighted by atomic mass is 19.3. The Balaban J connectivity index is 1.30.